The van der Waals surface area contributed by atoms with Gasteiger partial charge in [0.05, 0.1) is 6.10 Å². The van der Waals surface area contributed by atoms with Crippen molar-refractivity contribution in [3.05, 3.63) is 0 Å². The number of hydrogen-bond donors (Lipinski definition) is 0. The maximum atomic E-state index is 12.0. The molecule has 0 aromatic heterocycles. The minimum atomic E-state index is 0.122. The van der Waals surface area contributed by atoms with Gasteiger partial charge in [-0.1, -0.05) is 12.8 Å². The molecule has 0 aromatic rings. The number of nitrogens with zero attached hydrogens (tertiary/aromatic N) is 1. The largest absolute Gasteiger partial charge is 0.368 e. The number of hydrogen-bond acceptors (Lipinski definition) is 2. The highest BCUT2D eigenvalue weighted by Gasteiger charge is 2.22. The number of ether oxygens (including phenoxy) is 1. The summed E-state index contributed by atoms with van der Waals surface area (Å²) in [6.07, 6.45) is 5.06. The first kappa shape index (κ1) is 13.5. The van der Waals surface area contributed by atoms with Gasteiger partial charge in [-0.3, -0.25) is 4.79 Å². The molecule has 0 spiro atoms. The lowest BCUT2D eigenvalue weighted by Gasteiger charge is -2.31. The summed E-state index contributed by atoms with van der Waals surface area (Å²) >= 11 is 0. The zero-order chi connectivity index (χ0) is 12.1. The van der Waals surface area contributed by atoms with Gasteiger partial charge in [0.2, 0.25) is 5.91 Å². The Morgan fingerprint density at radius 3 is 2.12 bits per heavy atom. The van der Waals surface area contributed by atoms with Crippen LogP contribution in [0, 0.1) is 0 Å². The van der Waals surface area contributed by atoms with Gasteiger partial charge in [0.25, 0.3) is 0 Å². The average Bonchev–Trinajstić information content (AvgIpc) is 2.65. The first-order valence-electron chi connectivity index (χ1n) is 6.45. The van der Waals surface area contributed by atoms with Crippen molar-refractivity contribution in [3.63, 3.8) is 0 Å². The fraction of sp³-hybridized carbons (Fsp3) is 0.923. The molecule has 1 amide bonds. The van der Waals surface area contributed by atoms with E-state index in [1.54, 1.807) is 0 Å². The smallest absolute Gasteiger partial charge is 0.249 e. The van der Waals surface area contributed by atoms with Crippen LogP contribution in [0.5, 0.6) is 0 Å². The normalized spacial score (nSPS) is 17.4. The van der Waals surface area contributed by atoms with Crippen LogP contribution in [0.15, 0.2) is 0 Å². The molecule has 16 heavy (non-hydrogen) atoms. The van der Waals surface area contributed by atoms with E-state index in [4.69, 9.17) is 4.74 Å². The van der Waals surface area contributed by atoms with Crippen LogP contribution in [0.3, 0.4) is 0 Å². The fourth-order valence-corrected chi connectivity index (χ4v) is 2.49. The Kier molecular flexibility index (Phi) is 5.26. The van der Waals surface area contributed by atoms with E-state index in [9.17, 15) is 4.79 Å². The predicted molar refractivity (Wildman–Crippen MR) is 65.3 cm³/mol. The molecule has 0 atom stereocenters. The van der Waals surface area contributed by atoms with Gasteiger partial charge in [0.15, 0.2) is 0 Å². The Labute approximate surface area is 99.1 Å². The van der Waals surface area contributed by atoms with E-state index >= 15 is 0 Å². The molecule has 0 saturated heterocycles. The summed E-state index contributed by atoms with van der Waals surface area (Å²) in [6.45, 7) is 8.45. The second-order valence-electron chi connectivity index (χ2n) is 5.21. The molecule has 0 radical (unpaired) electrons. The molecule has 0 aromatic carbocycles. The predicted octanol–water partition coefficient (Wildman–Crippen LogP) is 2.59. The van der Waals surface area contributed by atoms with Gasteiger partial charge in [-0.25, -0.2) is 0 Å². The van der Waals surface area contributed by atoms with Crippen LogP contribution in [0.25, 0.3) is 0 Å². The van der Waals surface area contributed by atoms with Crippen LogP contribution in [0.2, 0.25) is 0 Å². The zero-order valence-corrected chi connectivity index (χ0v) is 11.0. The lowest BCUT2D eigenvalue weighted by atomic mass is 10.2. The van der Waals surface area contributed by atoms with Gasteiger partial charge >= 0.3 is 0 Å². The maximum absolute atomic E-state index is 12.0. The molecule has 0 N–H and O–H groups in total. The second-order valence-corrected chi connectivity index (χ2v) is 5.21. The van der Waals surface area contributed by atoms with Gasteiger partial charge in [0, 0.05) is 12.1 Å². The molecule has 3 nitrogen and oxygen atoms in total. The van der Waals surface area contributed by atoms with Crippen molar-refractivity contribution < 1.29 is 9.53 Å². The van der Waals surface area contributed by atoms with Crippen LogP contribution < -0.4 is 0 Å². The van der Waals surface area contributed by atoms with Crippen LogP contribution in [-0.4, -0.2) is 35.6 Å². The Balaban J connectivity index is 2.36. The molecule has 0 aliphatic heterocycles. The van der Waals surface area contributed by atoms with Crippen molar-refractivity contribution in [1.82, 2.24) is 4.90 Å². The maximum Gasteiger partial charge on any atom is 0.249 e. The van der Waals surface area contributed by atoms with Crippen LogP contribution >= 0.6 is 0 Å². The van der Waals surface area contributed by atoms with E-state index < -0.39 is 0 Å². The van der Waals surface area contributed by atoms with E-state index in [0.29, 0.717) is 6.10 Å². The van der Waals surface area contributed by atoms with Gasteiger partial charge in [-0.15, -0.1) is 0 Å². The molecule has 1 aliphatic carbocycles. The molecule has 1 aliphatic rings. The molecule has 0 unspecified atom stereocenters. The molecular weight excluding hydrogens is 202 g/mol. The standard InChI is InChI=1S/C13H25NO2/c1-10(2)14(11(3)4)13(15)9-16-12-7-5-6-8-12/h10-12H,5-9H2,1-4H3. The van der Waals surface area contributed by atoms with Crippen LogP contribution in [-0.2, 0) is 9.53 Å². The first-order valence-corrected chi connectivity index (χ1v) is 6.45. The molecule has 94 valence electrons. The SMILES string of the molecule is CC(C)N(C(=O)COC1CCCC1)C(C)C. The summed E-state index contributed by atoms with van der Waals surface area (Å²) in [4.78, 5) is 13.9. The van der Waals surface area contributed by atoms with E-state index in [2.05, 4.69) is 0 Å². The third kappa shape index (κ3) is 3.78. The second kappa shape index (κ2) is 6.24. The van der Waals surface area contributed by atoms with Crippen molar-refractivity contribution in [3.8, 4) is 0 Å². The first-order chi connectivity index (χ1) is 7.52. The monoisotopic (exact) mass is 227 g/mol. The highest BCUT2D eigenvalue weighted by atomic mass is 16.5. The van der Waals surface area contributed by atoms with Crippen molar-refractivity contribution >= 4 is 5.91 Å². The van der Waals surface area contributed by atoms with E-state index in [1.165, 1.54) is 12.8 Å². The summed E-state index contributed by atoms with van der Waals surface area (Å²) < 4.78 is 5.65. The van der Waals surface area contributed by atoms with Crippen molar-refractivity contribution in [2.75, 3.05) is 6.61 Å². The van der Waals surface area contributed by atoms with E-state index in [1.807, 2.05) is 32.6 Å². The third-order valence-corrected chi connectivity index (χ3v) is 3.15. The Morgan fingerprint density at radius 1 is 1.19 bits per heavy atom. The Morgan fingerprint density at radius 2 is 1.69 bits per heavy atom. The topological polar surface area (TPSA) is 29.5 Å². The molecule has 0 heterocycles. The van der Waals surface area contributed by atoms with Crippen molar-refractivity contribution in [2.45, 2.75) is 71.6 Å². The lowest BCUT2D eigenvalue weighted by molar-refractivity contribution is -0.141. The van der Waals surface area contributed by atoms with Gasteiger partial charge < -0.3 is 9.64 Å². The van der Waals surface area contributed by atoms with Gasteiger partial charge in [-0.2, -0.15) is 0 Å². The lowest BCUT2D eigenvalue weighted by Crippen LogP contribution is -2.44. The highest BCUT2D eigenvalue weighted by Crippen LogP contribution is 2.21. The number of carbonyl (C=O) groups is 1. The number of amides is 1. The van der Waals surface area contributed by atoms with Crippen molar-refractivity contribution in [2.24, 2.45) is 0 Å². The molecule has 1 fully saturated rings. The number of rotatable bonds is 5. The Hall–Kier alpha value is -0.570. The number of carbonyl (C=O) groups excluding carboxylic acids is 1. The van der Waals surface area contributed by atoms with E-state index in [0.717, 1.165) is 12.8 Å². The van der Waals surface area contributed by atoms with Crippen molar-refractivity contribution in [1.29, 1.82) is 0 Å². The van der Waals surface area contributed by atoms with Crippen LogP contribution in [0.1, 0.15) is 53.4 Å². The highest BCUT2D eigenvalue weighted by molar-refractivity contribution is 5.78. The Bertz CT molecular complexity index is 212. The fourth-order valence-electron chi connectivity index (χ4n) is 2.49. The molecule has 1 rings (SSSR count). The van der Waals surface area contributed by atoms with Gasteiger partial charge in [0.1, 0.15) is 6.61 Å². The summed E-state index contributed by atoms with van der Waals surface area (Å²) in [5.41, 5.74) is 0. The minimum absolute atomic E-state index is 0.122. The minimum Gasteiger partial charge on any atom is -0.368 e. The summed E-state index contributed by atoms with van der Waals surface area (Å²) in [5, 5.41) is 0. The molecule has 3 heteroatoms. The summed E-state index contributed by atoms with van der Waals surface area (Å²) in [6, 6.07) is 0.499. The third-order valence-electron chi connectivity index (χ3n) is 3.15. The summed E-state index contributed by atoms with van der Waals surface area (Å²) in [7, 11) is 0. The quantitative estimate of drug-likeness (QED) is 0.722. The van der Waals surface area contributed by atoms with E-state index in [-0.39, 0.29) is 24.6 Å². The summed E-state index contributed by atoms with van der Waals surface area (Å²) in [5.74, 6) is 0.122. The molecule has 1 saturated carbocycles. The average molecular weight is 227 g/mol. The zero-order valence-electron chi connectivity index (χ0n) is 11.0. The molecule has 0 bridgehead atoms. The van der Waals surface area contributed by atoms with Gasteiger partial charge in [-0.05, 0) is 40.5 Å². The van der Waals surface area contributed by atoms with Crippen LogP contribution in [0.4, 0.5) is 0 Å². The molecular formula is C13H25NO2.